The second-order valence-corrected chi connectivity index (χ2v) is 5.27. The van der Waals surface area contributed by atoms with Gasteiger partial charge >= 0.3 is 0 Å². The van der Waals surface area contributed by atoms with E-state index in [1.165, 1.54) is 0 Å². The van der Waals surface area contributed by atoms with Crippen LogP contribution in [0.3, 0.4) is 0 Å². The largest absolute Gasteiger partial charge is 0.497 e. The molecule has 0 amide bonds. The van der Waals surface area contributed by atoms with E-state index in [-0.39, 0.29) is 0 Å². The van der Waals surface area contributed by atoms with Crippen LogP contribution in [0, 0.1) is 11.3 Å². The van der Waals surface area contributed by atoms with E-state index in [4.69, 9.17) is 10.00 Å². The molecule has 0 radical (unpaired) electrons. The number of nitrogens with zero attached hydrogens (tertiary/aromatic N) is 2. The molecule has 116 valence electrons. The van der Waals surface area contributed by atoms with Crippen LogP contribution in [0.1, 0.15) is 11.1 Å². The minimum atomic E-state index is 0.666. The Hall–Kier alpha value is -3.38. The number of methoxy groups -OCH3 is 1. The smallest absolute Gasteiger partial charge is 0.118 e. The molecule has 0 aromatic heterocycles. The van der Waals surface area contributed by atoms with Crippen molar-refractivity contribution in [3.8, 4) is 22.9 Å². The Bertz CT molecular complexity index is 871. The van der Waals surface area contributed by atoms with Crippen LogP contribution in [0.2, 0.25) is 0 Å². The highest BCUT2D eigenvalue weighted by Crippen LogP contribution is 2.23. The SMILES string of the molecule is COc1ccc(/C=N/c2ccc(-c3ccc(C#N)cc3)cc2)cc1. The van der Waals surface area contributed by atoms with Crippen LogP contribution in [0.4, 0.5) is 5.69 Å². The molecule has 3 aromatic rings. The maximum absolute atomic E-state index is 8.84. The van der Waals surface area contributed by atoms with E-state index in [1.54, 1.807) is 7.11 Å². The fraction of sp³-hybridized carbons (Fsp3) is 0.0476. The van der Waals surface area contributed by atoms with Gasteiger partial charge in [-0.3, -0.25) is 4.99 Å². The summed E-state index contributed by atoms with van der Waals surface area (Å²) in [7, 11) is 1.65. The minimum absolute atomic E-state index is 0.666. The molecule has 24 heavy (non-hydrogen) atoms. The fourth-order valence-corrected chi connectivity index (χ4v) is 2.32. The van der Waals surface area contributed by atoms with Crippen LogP contribution in [0.5, 0.6) is 5.75 Å². The molecule has 0 N–H and O–H groups in total. The van der Waals surface area contributed by atoms with Gasteiger partial charge < -0.3 is 4.74 Å². The second kappa shape index (κ2) is 7.26. The molecule has 0 saturated heterocycles. The maximum Gasteiger partial charge on any atom is 0.118 e. The molecule has 0 aliphatic rings. The number of hydrogen-bond donors (Lipinski definition) is 0. The first-order chi connectivity index (χ1) is 11.8. The first-order valence-corrected chi connectivity index (χ1v) is 7.57. The molecule has 0 saturated carbocycles. The monoisotopic (exact) mass is 312 g/mol. The maximum atomic E-state index is 8.84. The number of nitriles is 1. The van der Waals surface area contributed by atoms with Crippen molar-refractivity contribution in [1.29, 1.82) is 5.26 Å². The lowest BCUT2D eigenvalue weighted by atomic mass is 10.0. The average molecular weight is 312 g/mol. The normalized spacial score (nSPS) is 10.5. The Balaban J connectivity index is 1.73. The molecule has 0 spiro atoms. The Morgan fingerprint density at radius 2 is 1.42 bits per heavy atom. The number of ether oxygens (including phenoxy) is 1. The van der Waals surface area contributed by atoms with Gasteiger partial charge in [0.1, 0.15) is 5.75 Å². The van der Waals surface area contributed by atoms with E-state index in [0.29, 0.717) is 5.56 Å². The molecule has 0 bridgehead atoms. The molecular formula is C21H16N2O. The zero-order valence-electron chi connectivity index (χ0n) is 13.3. The van der Waals surface area contributed by atoms with Gasteiger partial charge in [0.2, 0.25) is 0 Å². The summed E-state index contributed by atoms with van der Waals surface area (Å²) in [5.41, 5.74) is 4.76. The molecule has 0 unspecified atom stereocenters. The zero-order chi connectivity index (χ0) is 16.8. The number of hydrogen-bond acceptors (Lipinski definition) is 3. The summed E-state index contributed by atoms with van der Waals surface area (Å²) < 4.78 is 5.14. The molecule has 0 heterocycles. The highest BCUT2D eigenvalue weighted by Gasteiger charge is 1.98. The molecule has 0 atom stereocenters. The van der Waals surface area contributed by atoms with E-state index in [1.807, 2.05) is 79.0 Å². The summed E-state index contributed by atoms with van der Waals surface area (Å²) in [6.07, 6.45) is 1.83. The Morgan fingerprint density at radius 3 is 1.96 bits per heavy atom. The third-order valence-corrected chi connectivity index (χ3v) is 3.69. The Kier molecular flexibility index (Phi) is 4.69. The van der Waals surface area contributed by atoms with Gasteiger partial charge in [-0.2, -0.15) is 5.26 Å². The van der Waals surface area contributed by atoms with Gasteiger partial charge in [0.25, 0.3) is 0 Å². The molecule has 0 aliphatic heterocycles. The summed E-state index contributed by atoms with van der Waals surface area (Å²) in [6.45, 7) is 0. The van der Waals surface area contributed by atoms with Gasteiger partial charge in [0.15, 0.2) is 0 Å². The summed E-state index contributed by atoms with van der Waals surface area (Å²) in [5.74, 6) is 0.832. The van der Waals surface area contributed by atoms with E-state index in [2.05, 4.69) is 11.1 Å². The van der Waals surface area contributed by atoms with Crippen molar-refractivity contribution in [2.24, 2.45) is 4.99 Å². The predicted molar refractivity (Wildman–Crippen MR) is 96.8 cm³/mol. The summed E-state index contributed by atoms with van der Waals surface area (Å²) in [5, 5.41) is 8.84. The van der Waals surface area contributed by atoms with Gasteiger partial charge in [-0.25, -0.2) is 0 Å². The van der Waals surface area contributed by atoms with Crippen LogP contribution in [-0.2, 0) is 0 Å². The van der Waals surface area contributed by atoms with E-state index >= 15 is 0 Å². The standard InChI is InChI=1S/C21H16N2O/c1-24-21-12-4-17(5-13-21)15-23-20-10-8-19(9-11-20)18-6-2-16(14-22)3-7-18/h2-13,15H,1H3/b23-15+. The first kappa shape index (κ1) is 15.5. The first-order valence-electron chi connectivity index (χ1n) is 7.57. The Morgan fingerprint density at radius 1 is 0.833 bits per heavy atom. The zero-order valence-corrected chi connectivity index (χ0v) is 13.3. The number of aliphatic imine (C=N–C) groups is 1. The van der Waals surface area contributed by atoms with Crippen LogP contribution in [0.15, 0.2) is 77.8 Å². The van der Waals surface area contributed by atoms with Gasteiger partial charge in [0.05, 0.1) is 24.4 Å². The quantitative estimate of drug-likeness (QED) is 0.637. The van der Waals surface area contributed by atoms with Gasteiger partial charge in [-0.1, -0.05) is 24.3 Å². The van der Waals surface area contributed by atoms with Gasteiger partial charge in [-0.05, 0) is 65.2 Å². The van der Waals surface area contributed by atoms with Gasteiger partial charge in [0, 0.05) is 6.21 Å². The molecule has 3 rings (SSSR count). The summed E-state index contributed by atoms with van der Waals surface area (Å²) in [4.78, 5) is 4.49. The highest BCUT2D eigenvalue weighted by atomic mass is 16.5. The van der Waals surface area contributed by atoms with Crippen molar-refractivity contribution < 1.29 is 4.74 Å². The number of rotatable bonds is 4. The van der Waals surface area contributed by atoms with Gasteiger partial charge in [-0.15, -0.1) is 0 Å². The summed E-state index contributed by atoms with van der Waals surface area (Å²) >= 11 is 0. The summed E-state index contributed by atoms with van der Waals surface area (Å²) in [6, 6.07) is 25.5. The highest BCUT2D eigenvalue weighted by molar-refractivity contribution is 5.82. The van der Waals surface area contributed by atoms with E-state index in [0.717, 1.165) is 28.1 Å². The van der Waals surface area contributed by atoms with Crippen molar-refractivity contribution in [3.63, 3.8) is 0 Å². The third-order valence-electron chi connectivity index (χ3n) is 3.69. The van der Waals surface area contributed by atoms with Crippen LogP contribution in [0.25, 0.3) is 11.1 Å². The third kappa shape index (κ3) is 3.68. The Labute approximate surface area is 141 Å². The van der Waals surface area contributed by atoms with Crippen molar-refractivity contribution in [2.75, 3.05) is 7.11 Å². The molecule has 0 fully saturated rings. The van der Waals surface area contributed by atoms with E-state index < -0.39 is 0 Å². The topological polar surface area (TPSA) is 45.4 Å². The lowest BCUT2D eigenvalue weighted by Gasteiger charge is -2.02. The lowest BCUT2D eigenvalue weighted by Crippen LogP contribution is -1.84. The molecule has 3 nitrogen and oxygen atoms in total. The average Bonchev–Trinajstić information content (AvgIpc) is 2.67. The molecule has 0 aliphatic carbocycles. The predicted octanol–water partition coefficient (Wildman–Crippen LogP) is 4.98. The van der Waals surface area contributed by atoms with Crippen LogP contribution in [-0.4, -0.2) is 13.3 Å². The minimum Gasteiger partial charge on any atom is -0.497 e. The fourth-order valence-electron chi connectivity index (χ4n) is 2.32. The van der Waals surface area contributed by atoms with Crippen molar-refractivity contribution >= 4 is 11.9 Å². The van der Waals surface area contributed by atoms with Crippen LogP contribution < -0.4 is 4.74 Å². The lowest BCUT2D eigenvalue weighted by molar-refractivity contribution is 0.415. The van der Waals surface area contributed by atoms with Crippen molar-refractivity contribution in [2.45, 2.75) is 0 Å². The van der Waals surface area contributed by atoms with Crippen LogP contribution >= 0.6 is 0 Å². The second-order valence-electron chi connectivity index (χ2n) is 5.27. The molecular weight excluding hydrogens is 296 g/mol. The van der Waals surface area contributed by atoms with Crippen molar-refractivity contribution in [3.05, 3.63) is 83.9 Å². The molecule has 3 aromatic carbocycles. The molecule has 3 heteroatoms. The number of benzene rings is 3. The van der Waals surface area contributed by atoms with Crippen molar-refractivity contribution in [1.82, 2.24) is 0 Å². The van der Waals surface area contributed by atoms with E-state index in [9.17, 15) is 0 Å².